The van der Waals surface area contributed by atoms with E-state index in [-0.39, 0.29) is 0 Å². The average Bonchev–Trinajstić information content (AvgIpc) is 2.91. The predicted octanol–water partition coefficient (Wildman–Crippen LogP) is 3.18. The number of aryl methyl sites for hydroxylation is 1. The highest BCUT2D eigenvalue weighted by Crippen LogP contribution is 2.38. The minimum atomic E-state index is 0.909. The molecule has 0 amide bonds. The summed E-state index contributed by atoms with van der Waals surface area (Å²) in [5, 5.41) is 3.43. The molecule has 0 bridgehead atoms. The smallest absolute Gasteiger partial charge is 0.118 e. The Balaban J connectivity index is 1.81. The third-order valence-corrected chi connectivity index (χ3v) is 4.06. The molecule has 0 aromatic carbocycles. The van der Waals surface area contributed by atoms with Crippen molar-refractivity contribution in [2.45, 2.75) is 46.7 Å². The normalized spacial score (nSPS) is 22.2. The Morgan fingerprint density at radius 2 is 2.21 bits per heavy atom. The molecule has 0 spiro atoms. The highest BCUT2D eigenvalue weighted by molar-refractivity contribution is 5.20. The van der Waals surface area contributed by atoms with E-state index in [9.17, 15) is 0 Å². The first-order chi connectivity index (χ1) is 9.10. The molecule has 1 N–H and O–H groups in total. The minimum absolute atomic E-state index is 0.909. The maximum Gasteiger partial charge on any atom is 0.118 e. The number of hydrogen-bond acceptors (Lipinski definition) is 3. The maximum absolute atomic E-state index is 5.86. The van der Waals surface area contributed by atoms with Gasteiger partial charge in [-0.3, -0.25) is 4.90 Å². The van der Waals surface area contributed by atoms with E-state index in [1.54, 1.807) is 0 Å². The van der Waals surface area contributed by atoms with E-state index in [4.69, 9.17) is 4.42 Å². The molecule has 3 heteroatoms. The van der Waals surface area contributed by atoms with Gasteiger partial charge in [0.2, 0.25) is 0 Å². The second-order valence-electron chi connectivity index (χ2n) is 6.14. The first kappa shape index (κ1) is 14.6. The highest BCUT2D eigenvalue weighted by Gasteiger charge is 2.33. The fourth-order valence-electron chi connectivity index (χ4n) is 2.63. The number of furan rings is 1. The Bertz CT molecular complexity index is 399. The Hall–Kier alpha value is -0.800. The van der Waals surface area contributed by atoms with E-state index >= 15 is 0 Å². The van der Waals surface area contributed by atoms with Crippen LogP contribution in [0, 0.1) is 18.8 Å². The summed E-state index contributed by atoms with van der Waals surface area (Å²) in [5.74, 6) is 4.00. The summed E-state index contributed by atoms with van der Waals surface area (Å²) in [6, 6.07) is 2.21. The largest absolute Gasteiger partial charge is 0.465 e. The maximum atomic E-state index is 5.86. The SMILES string of the molecule is CCCNCc1cc(CN(C)CC2CC2C)oc1C. The van der Waals surface area contributed by atoms with Crippen molar-refractivity contribution in [3.05, 3.63) is 23.2 Å². The lowest BCUT2D eigenvalue weighted by Gasteiger charge is -2.14. The Kier molecular flexibility index (Phi) is 5.06. The molecule has 3 nitrogen and oxygen atoms in total. The first-order valence-electron chi connectivity index (χ1n) is 7.57. The predicted molar refractivity (Wildman–Crippen MR) is 79.0 cm³/mol. The van der Waals surface area contributed by atoms with Gasteiger partial charge in [0.1, 0.15) is 11.5 Å². The van der Waals surface area contributed by atoms with Crippen LogP contribution >= 0.6 is 0 Å². The second kappa shape index (κ2) is 6.58. The van der Waals surface area contributed by atoms with Gasteiger partial charge in [0.15, 0.2) is 0 Å². The molecule has 1 aromatic rings. The third-order valence-electron chi connectivity index (χ3n) is 4.06. The molecule has 19 heavy (non-hydrogen) atoms. The zero-order valence-corrected chi connectivity index (χ0v) is 12.8. The van der Waals surface area contributed by atoms with Crippen LogP contribution in [0.3, 0.4) is 0 Å². The summed E-state index contributed by atoms with van der Waals surface area (Å²) in [6.07, 6.45) is 2.57. The Morgan fingerprint density at radius 1 is 1.47 bits per heavy atom. The fraction of sp³-hybridized carbons (Fsp3) is 0.750. The monoisotopic (exact) mass is 264 g/mol. The van der Waals surface area contributed by atoms with Crippen LogP contribution in [-0.4, -0.2) is 25.0 Å². The van der Waals surface area contributed by atoms with Gasteiger partial charge in [0.05, 0.1) is 6.54 Å². The van der Waals surface area contributed by atoms with E-state index < -0.39 is 0 Å². The third kappa shape index (κ3) is 4.36. The molecule has 1 saturated carbocycles. The van der Waals surface area contributed by atoms with Crippen molar-refractivity contribution >= 4 is 0 Å². The molecule has 2 atom stereocenters. The van der Waals surface area contributed by atoms with Crippen molar-refractivity contribution in [2.75, 3.05) is 20.1 Å². The molecule has 1 aliphatic carbocycles. The zero-order chi connectivity index (χ0) is 13.8. The molecule has 108 valence electrons. The summed E-state index contributed by atoms with van der Waals surface area (Å²) >= 11 is 0. The molecule has 0 radical (unpaired) electrons. The van der Waals surface area contributed by atoms with Crippen LogP contribution in [0.15, 0.2) is 10.5 Å². The van der Waals surface area contributed by atoms with E-state index in [2.05, 4.69) is 44.1 Å². The van der Waals surface area contributed by atoms with E-state index in [1.807, 2.05) is 0 Å². The van der Waals surface area contributed by atoms with Crippen LogP contribution < -0.4 is 5.32 Å². The topological polar surface area (TPSA) is 28.4 Å². The molecule has 0 saturated heterocycles. The van der Waals surface area contributed by atoms with Gasteiger partial charge in [-0.05, 0) is 51.3 Å². The highest BCUT2D eigenvalue weighted by atomic mass is 16.3. The minimum Gasteiger partial charge on any atom is -0.465 e. The Labute approximate surface area is 117 Å². The van der Waals surface area contributed by atoms with Gasteiger partial charge < -0.3 is 9.73 Å². The summed E-state index contributed by atoms with van der Waals surface area (Å²) in [5.41, 5.74) is 1.30. The molecular formula is C16H28N2O. The van der Waals surface area contributed by atoms with Crippen LogP contribution in [0.1, 0.15) is 43.8 Å². The first-order valence-corrected chi connectivity index (χ1v) is 7.57. The fourth-order valence-corrected chi connectivity index (χ4v) is 2.63. The van der Waals surface area contributed by atoms with Crippen LogP contribution in [0.5, 0.6) is 0 Å². The summed E-state index contributed by atoms with van der Waals surface area (Å²) < 4.78 is 5.86. The molecular weight excluding hydrogens is 236 g/mol. The lowest BCUT2D eigenvalue weighted by atomic mass is 10.2. The number of nitrogens with one attached hydrogen (secondary N) is 1. The van der Waals surface area contributed by atoms with Gasteiger partial charge in [-0.15, -0.1) is 0 Å². The quantitative estimate of drug-likeness (QED) is 0.731. The second-order valence-corrected chi connectivity index (χ2v) is 6.14. The average molecular weight is 264 g/mol. The van der Waals surface area contributed by atoms with Gasteiger partial charge in [-0.2, -0.15) is 0 Å². The van der Waals surface area contributed by atoms with Crippen molar-refractivity contribution in [3.63, 3.8) is 0 Å². The molecule has 1 aromatic heterocycles. The molecule has 1 heterocycles. The van der Waals surface area contributed by atoms with Crippen molar-refractivity contribution < 1.29 is 4.42 Å². The van der Waals surface area contributed by atoms with E-state index in [0.29, 0.717) is 0 Å². The van der Waals surface area contributed by atoms with Crippen molar-refractivity contribution in [1.82, 2.24) is 10.2 Å². The summed E-state index contributed by atoms with van der Waals surface area (Å²) in [4.78, 5) is 2.38. The Morgan fingerprint density at radius 3 is 2.84 bits per heavy atom. The lowest BCUT2D eigenvalue weighted by Crippen LogP contribution is -2.20. The summed E-state index contributed by atoms with van der Waals surface area (Å²) in [7, 11) is 2.19. The van der Waals surface area contributed by atoms with Gasteiger partial charge >= 0.3 is 0 Å². The molecule has 2 rings (SSSR count). The van der Waals surface area contributed by atoms with Crippen LogP contribution in [0.4, 0.5) is 0 Å². The van der Waals surface area contributed by atoms with Gasteiger partial charge in [-0.25, -0.2) is 0 Å². The van der Waals surface area contributed by atoms with E-state index in [1.165, 1.54) is 24.9 Å². The van der Waals surface area contributed by atoms with Gasteiger partial charge in [0.25, 0.3) is 0 Å². The summed E-state index contributed by atoms with van der Waals surface area (Å²) in [6.45, 7) is 10.7. The number of nitrogens with zero attached hydrogens (tertiary/aromatic N) is 1. The van der Waals surface area contributed by atoms with Crippen molar-refractivity contribution in [2.24, 2.45) is 11.8 Å². The van der Waals surface area contributed by atoms with Gasteiger partial charge in [0, 0.05) is 18.7 Å². The molecule has 1 fully saturated rings. The van der Waals surface area contributed by atoms with Crippen LogP contribution in [-0.2, 0) is 13.1 Å². The van der Waals surface area contributed by atoms with Crippen LogP contribution in [0.2, 0.25) is 0 Å². The van der Waals surface area contributed by atoms with Crippen molar-refractivity contribution in [1.29, 1.82) is 0 Å². The van der Waals surface area contributed by atoms with Crippen molar-refractivity contribution in [3.8, 4) is 0 Å². The van der Waals surface area contributed by atoms with E-state index in [0.717, 1.165) is 43.0 Å². The molecule has 1 aliphatic rings. The lowest BCUT2D eigenvalue weighted by molar-refractivity contribution is 0.278. The molecule has 2 unspecified atom stereocenters. The standard InChI is InChI=1S/C16H28N2O/c1-5-6-17-9-14-8-16(19-13(14)3)11-18(4)10-15-7-12(15)2/h8,12,15,17H,5-7,9-11H2,1-4H3. The number of rotatable bonds is 8. The zero-order valence-electron chi connectivity index (χ0n) is 12.8. The van der Waals surface area contributed by atoms with Gasteiger partial charge in [-0.1, -0.05) is 13.8 Å². The molecule has 0 aliphatic heterocycles. The van der Waals surface area contributed by atoms with Crippen LogP contribution in [0.25, 0.3) is 0 Å². The number of hydrogen-bond donors (Lipinski definition) is 1.